The van der Waals surface area contributed by atoms with Crippen molar-refractivity contribution in [2.75, 3.05) is 20.3 Å². The summed E-state index contributed by atoms with van der Waals surface area (Å²) in [5.74, 6) is -1.42. The number of nitrogens with zero attached hydrogens (tertiary/aromatic N) is 1. The normalized spacial score (nSPS) is 13.4. The molecule has 0 saturated carbocycles. The molecule has 1 unspecified atom stereocenters. The number of aromatic carboxylic acids is 1. The third-order valence-electron chi connectivity index (χ3n) is 2.19. The number of nitrogens with one attached hydrogen (secondary N) is 1. The second-order valence-corrected chi connectivity index (χ2v) is 6.34. The van der Waals surface area contributed by atoms with Gasteiger partial charge in [-0.25, -0.2) is 22.9 Å². The molecule has 1 rings (SSSR count). The van der Waals surface area contributed by atoms with Gasteiger partial charge in [0, 0.05) is 19.8 Å². The average molecular weight is 310 g/mol. The molecule has 1 heterocycles. The summed E-state index contributed by atoms with van der Waals surface area (Å²) >= 11 is 0.706. The SMILES string of the molecule is COCCC(CO)NS(=O)(=O)c1scnc1C(=O)O. The van der Waals surface area contributed by atoms with Crippen molar-refractivity contribution < 1.29 is 28.2 Å². The van der Waals surface area contributed by atoms with Gasteiger partial charge in [-0.3, -0.25) is 0 Å². The van der Waals surface area contributed by atoms with Crippen molar-refractivity contribution in [3.63, 3.8) is 0 Å². The molecule has 0 aliphatic heterocycles. The number of aliphatic hydroxyl groups is 1. The number of hydrogen-bond acceptors (Lipinski definition) is 7. The van der Waals surface area contributed by atoms with E-state index >= 15 is 0 Å². The highest BCUT2D eigenvalue weighted by Crippen LogP contribution is 2.20. The van der Waals surface area contributed by atoms with Gasteiger partial charge in [0.15, 0.2) is 9.90 Å². The van der Waals surface area contributed by atoms with Gasteiger partial charge < -0.3 is 14.9 Å². The second-order valence-electron chi connectivity index (χ2n) is 3.58. The monoisotopic (exact) mass is 310 g/mol. The summed E-state index contributed by atoms with van der Waals surface area (Å²) in [4.78, 5) is 14.3. The van der Waals surface area contributed by atoms with Gasteiger partial charge in [0.2, 0.25) is 0 Å². The zero-order valence-electron chi connectivity index (χ0n) is 10.1. The summed E-state index contributed by atoms with van der Waals surface area (Å²) in [7, 11) is -2.57. The Hall–Kier alpha value is -1.07. The Bertz CT molecular complexity index is 527. The third-order valence-corrected chi connectivity index (χ3v) is 5.08. The molecule has 0 saturated heterocycles. The molecule has 108 valence electrons. The summed E-state index contributed by atoms with van der Waals surface area (Å²) < 4.78 is 30.6. The number of rotatable bonds is 8. The van der Waals surface area contributed by atoms with Crippen LogP contribution >= 0.6 is 11.3 Å². The first-order valence-electron chi connectivity index (χ1n) is 5.21. The molecule has 3 N–H and O–H groups in total. The van der Waals surface area contributed by atoms with E-state index in [1.807, 2.05) is 0 Å². The number of carboxylic acids is 1. The largest absolute Gasteiger partial charge is 0.476 e. The van der Waals surface area contributed by atoms with Gasteiger partial charge in [-0.15, -0.1) is 11.3 Å². The van der Waals surface area contributed by atoms with Crippen LogP contribution in [0.4, 0.5) is 0 Å². The van der Waals surface area contributed by atoms with Gasteiger partial charge in [-0.2, -0.15) is 0 Å². The number of hydrogen-bond donors (Lipinski definition) is 3. The first kappa shape index (κ1) is 16.0. The quantitative estimate of drug-likeness (QED) is 0.592. The number of carbonyl (C=O) groups is 1. The van der Waals surface area contributed by atoms with Crippen molar-refractivity contribution in [3.05, 3.63) is 11.2 Å². The minimum atomic E-state index is -4.02. The molecule has 0 bridgehead atoms. The molecule has 0 aliphatic rings. The molecule has 0 amide bonds. The zero-order valence-corrected chi connectivity index (χ0v) is 11.7. The predicted octanol–water partition coefficient (Wildman–Crippen LogP) is -0.483. The molecule has 1 atom stereocenters. The number of ether oxygens (including phenoxy) is 1. The molecular formula is C9H14N2O6S2. The number of thiazole rings is 1. The maximum Gasteiger partial charge on any atom is 0.356 e. The van der Waals surface area contributed by atoms with E-state index in [1.54, 1.807) is 0 Å². The fraction of sp³-hybridized carbons (Fsp3) is 0.556. The number of aliphatic hydroxyl groups excluding tert-OH is 1. The molecule has 19 heavy (non-hydrogen) atoms. The van der Waals surface area contributed by atoms with Crippen LogP contribution in [-0.2, 0) is 14.8 Å². The molecule has 8 nitrogen and oxygen atoms in total. The van der Waals surface area contributed by atoms with Gasteiger partial charge in [0.05, 0.1) is 12.1 Å². The number of aromatic nitrogens is 1. The molecule has 0 aromatic carbocycles. The van der Waals surface area contributed by atoms with Crippen LogP contribution in [0.15, 0.2) is 9.72 Å². The summed E-state index contributed by atoms with van der Waals surface area (Å²) in [5.41, 5.74) is 0.613. The summed E-state index contributed by atoms with van der Waals surface area (Å²) in [5, 5.41) is 17.9. The average Bonchev–Trinajstić information content (AvgIpc) is 2.84. The summed E-state index contributed by atoms with van der Waals surface area (Å²) in [6.07, 6.45) is 0.271. The van der Waals surface area contributed by atoms with E-state index in [0.717, 1.165) is 5.51 Å². The van der Waals surface area contributed by atoms with E-state index in [1.165, 1.54) is 7.11 Å². The Balaban J connectivity index is 2.91. The highest BCUT2D eigenvalue weighted by molar-refractivity contribution is 7.91. The van der Waals surface area contributed by atoms with Gasteiger partial charge >= 0.3 is 5.97 Å². The van der Waals surface area contributed by atoms with E-state index in [4.69, 9.17) is 14.9 Å². The van der Waals surface area contributed by atoms with Crippen molar-refractivity contribution >= 4 is 27.3 Å². The first-order chi connectivity index (χ1) is 8.92. The van der Waals surface area contributed by atoms with E-state index in [9.17, 15) is 13.2 Å². The summed E-state index contributed by atoms with van der Waals surface area (Å²) in [6.45, 7) is -0.147. The second kappa shape index (κ2) is 6.91. The first-order valence-corrected chi connectivity index (χ1v) is 7.57. The number of methoxy groups -OCH3 is 1. The third kappa shape index (κ3) is 4.21. The van der Waals surface area contributed by atoms with Gasteiger partial charge in [0.1, 0.15) is 0 Å². The fourth-order valence-corrected chi connectivity index (χ4v) is 3.71. The molecule has 0 spiro atoms. The molecule has 10 heteroatoms. The van der Waals surface area contributed by atoms with Crippen molar-refractivity contribution in [2.45, 2.75) is 16.7 Å². The fourth-order valence-electron chi connectivity index (χ4n) is 1.29. The molecule has 0 radical (unpaired) electrons. The van der Waals surface area contributed by atoms with Gasteiger partial charge in [-0.05, 0) is 6.42 Å². The smallest absolute Gasteiger partial charge is 0.356 e. The van der Waals surface area contributed by atoms with Crippen LogP contribution in [0.2, 0.25) is 0 Å². The van der Waals surface area contributed by atoms with Gasteiger partial charge in [0.25, 0.3) is 10.0 Å². The lowest BCUT2D eigenvalue weighted by Gasteiger charge is -2.15. The van der Waals surface area contributed by atoms with E-state index in [0.29, 0.717) is 11.3 Å². The van der Waals surface area contributed by atoms with Crippen molar-refractivity contribution in [3.8, 4) is 0 Å². The Morgan fingerprint density at radius 2 is 2.32 bits per heavy atom. The lowest BCUT2D eigenvalue weighted by molar-refractivity contribution is 0.0687. The molecule has 0 fully saturated rings. The Kier molecular flexibility index (Phi) is 5.82. The maximum atomic E-state index is 12.0. The number of sulfonamides is 1. The Labute approximate surface area is 114 Å². The van der Waals surface area contributed by atoms with Crippen molar-refractivity contribution in [1.29, 1.82) is 0 Å². The molecular weight excluding hydrogens is 296 g/mol. The van der Waals surface area contributed by atoms with E-state index in [-0.39, 0.29) is 17.2 Å². The standard InChI is InChI=1S/C9H14N2O6S2/c1-17-3-2-6(4-12)11-19(15,16)9-7(8(13)14)10-5-18-9/h5-6,11-12H,2-4H2,1H3,(H,13,14). The minimum absolute atomic E-state index is 0.266. The highest BCUT2D eigenvalue weighted by Gasteiger charge is 2.27. The van der Waals surface area contributed by atoms with Crippen LogP contribution in [-0.4, -0.2) is 55.9 Å². The lowest BCUT2D eigenvalue weighted by Crippen LogP contribution is -2.38. The van der Waals surface area contributed by atoms with Crippen molar-refractivity contribution in [1.82, 2.24) is 9.71 Å². The van der Waals surface area contributed by atoms with Crippen LogP contribution in [0.1, 0.15) is 16.9 Å². The molecule has 0 aliphatic carbocycles. The Morgan fingerprint density at radius 1 is 1.63 bits per heavy atom. The predicted molar refractivity (Wildman–Crippen MR) is 66.8 cm³/mol. The maximum absolute atomic E-state index is 12.0. The topological polar surface area (TPSA) is 126 Å². The van der Waals surface area contributed by atoms with Crippen LogP contribution in [0.3, 0.4) is 0 Å². The van der Waals surface area contributed by atoms with Crippen molar-refractivity contribution in [2.24, 2.45) is 0 Å². The van der Waals surface area contributed by atoms with Crippen LogP contribution < -0.4 is 4.72 Å². The lowest BCUT2D eigenvalue weighted by atomic mass is 10.2. The van der Waals surface area contributed by atoms with Gasteiger partial charge in [-0.1, -0.05) is 0 Å². The number of carboxylic acid groups (broad SMARTS) is 1. The minimum Gasteiger partial charge on any atom is -0.476 e. The van der Waals surface area contributed by atoms with Crippen LogP contribution in [0, 0.1) is 0 Å². The molecule has 1 aromatic rings. The van der Waals surface area contributed by atoms with E-state index < -0.39 is 34.3 Å². The van der Waals surface area contributed by atoms with E-state index in [2.05, 4.69) is 9.71 Å². The zero-order chi connectivity index (χ0) is 14.5. The van der Waals surface area contributed by atoms with Crippen LogP contribution in [0.25, 0.3) is 0 Å². The highest BCUT2D eigenvalue weighted by atomic mass is 32.2. The summed E-state index contributed by atoms with van der Waals surface area (Å²) in [6, 6.07) is -0.742. The Morgan fingerprint density at radius 3 is 2.84 bits per heavy atom. The molecule has 1 aromatic heterocycles. The van der Waals surface area contributed by atoms with Crippen LogP contribution in [0.5, 0.6) is 0 Å².